The van der Waals surface area contributed by atoms with E-state index in [1.807, 2.05) is 39.0 Å². The summed E-state index contributed by atoms with van der Waals surface area (Å²) in [6.07, 6.45) is 3.58. The second-order valence-electron chi connectivity index (χ2n) is 7.12. The van der Waals surface area contributed by atoms with E-state index in [4.69, 9.17) is 4.74 Å². The molecule has 0 bridgehead atoms. The molecule has 4 nitrogen and oxygen atoms in total. The van der Waals surface area contributed by atoms with Crippen LogP contribution in [0, 0.1) is 20.8 Å². The molecule has 2 aromatic carbocycles. The number of anilines is 1. The maximum Gasteiger partial charge on any atom is 0.310 e. The lowest BCUT2D eigenvalue weighted by Crippen LogP contribution is -2.22. The number of hydrogen-bond donors (Lipinski definition) is 1. The van der Waals surface area contributed by atoms with Crippen molar-refractivity contribution in [3.63, 3.8) is 0 Å². The molecule has 0 atom stereocenters. The topological polar surface area (TPSA) is 55.4 Å². The van der Waals surface area contributed by atoms with Crippen molar-refractivity contribution in [1.29, 1.82) is 0 Å². The van der Waals surface area contributed by atoms with Crippen LogP contribution in [0.15, 0.2) is 30.3 Å². The Kier molecular flexibility index (Phi) is 5.40. The van der Waals surface area contributed by atoms with Crippen molar-refractivity contribution in [2.24, 2.45) is 0 Å². The number of hydrogen-bond acceptors (Lipinski definition) is 3. The number of carbonyl (C=O) groups is 2. The third-order valence-electron chi connectivity index (χ3n) is 4.82. The maximum atomic E-state index is 12.1. The molecular formula is C22H25NO3. The van der Waals surface area contributed by atoms with Gasteiger partial charge in [-0.15, -0.1) is 0 Å². The van der Waals surface area contributed by atoms with Gasteiger partial charge in [-0.2, -0.15) is 0 Å². The van der Waals surface area contributed by atoms with Crippen LogP contribution < -0.4 is 5.32 Å². The van der Waals surface area contributed by atoms with Crippen molar-refractivity contribution in [1.82, 2.24) is 0 Å². The zero-order valence-electron chi connectivity index (χ0n) is 15.6. The van der Waals surface area contributed by atoms with Gasteiger partial charge in [-0.1, -0.05) is 35.9 Å². The highest BCUT2D eigenvalue weighted by atomic mass is 16.5. The van der Waals surface area contributed by atoms with E-state index in [0.717, 1.165) is 40.8 Å². The second kappa shape index (κ2) is 7.73. The summed E-state index contributed by atoms with van der Waals surface area (Å²) in [6, 6.07) is 10.2. The lowest BCUT2D eigenvalue weighted by molar-refractivity contribution is -0.146. The molecule has 0 unspecified atom stereocenters. The normalized spacial score (nSPS) is 12.6. The molecular weight excluding hydrogens is 326 g/mol. The SMILES string of the molecule is Cc1cc(C)c(NC(=O)COC(=O)Cc2ccc3c(c2)CCC3)c(C)c1. The molecule has 0 saturated carbocycles. The fourth-order valence-electron chi connectivity index (χ4n) is 3.65. The highest BCUT2D eigenvalue weighted by Gasteiger charge is 2.14. The molecule has 136 valence electrons. The zero-order chi connectivity index (χ0) is 18.7. The van der Waals surface area contributed by atoms with Gasteiger partial charge in [0.05, 0.1) is 6.42 Å². The molecule has 4 heteroatoms. The van der Waals surface area contributed by atoms with Gasteiger partial charge in [-0.05, 0) is 67.9 Å². The number of aryl methyl sites for hydroxylation is 5. The van der Waals surface area contributed by atoms with Crippen molar-refractivity contribution in [2.45, 2.75) is 46.5 Å². The minimum atomic E-state index is -0.379. The summed E-state index contributed by atoms with van der Waals surface area (Å²) >= 11 is 0. The Morgan fingerprint density at radius 2 is 1.69 bits per heavy atom. The summed E-state index contributed by atoms with van der Waals surface area (Å²) in [7, 11) is 0. The number of benzene rings is 2. The third kappa shape index (κ3) is 4.31. The van der Waals surface area contributed by atoms with E-state index in [-0.39, 0.29) is 24.9 Å². The van der Waals surface area contributed by atoms with Gasteiger partial charge in [0.1, 0.15) is 0 Å². The number of amides is 1. The number of carbonyl (C=O) groups excluding carboxylic acids is 2. The van der Waals surface area contributed by atoms with E-state index in [1.54, 1.807) is 0 Å². The van der Waals surface area contributed by atoms with Gasteiger partial charge in [-0.25, -0.2) is 0 Å². The van der Waals surface area contributed by atoms with E-state index < -0.39 is 0 Å². The lowest BCUT2D eigenvalue weighted by Gasteiger charge is -2.13. The molecule has 1 amide bonds. The van der Waals surface area contributed by atoms with Crippen molar-refractivity contribution in [2.75, 3.05) is 11.9 Å². The van der Waals surface area contributed by atoms with Crippen molar-refractivity contribution < 1.29 is 14.3 Å². The molecule has 0 spiro atoms. The van der Waals surface area contributed by atoms with Crippen molar-refractivity contribution in [3.8, 4) is 0 Å². The molecule has 1 aliphatic rings. The van der Waals surface area contributed by atoms with E-state index in [1.165, 1.54) is 17.5 Å². The molecule has 1 N–H and O–H groups in total. The smallest absolute Gasteiger partial charge is 0.310 e. The first kappa shape index (κ1) is 18.2. The molecule has 0 aromatic heterocycles. The molecule has 26 heavy (non-hydrogen) atoms. The van der Waals surface area contributed by atoms with Gasteiger partial charge >= 0.3 is 5.97 Å². The molecule has 1 aliphatic carbocycles. The highest BCUT2D eigenvalue weighted by Crippen LogP contribution is 2.23. The predicted octanol–water partition coefficient (Wildman–Crippen LogP) is 3.82. The zero-order valence-corrected chi connectivity index (χ0v) is 15.6. The highest BCUT2D eigenvalue weighted by molar-refractivity contribution is 5.94. The number of rotatable bonds is 5. The first-order valence-electron chi connectivity index (χ1n) is 9.06. The summed E-state index contributed by atoms with van der Waals surface area (Å²) in [5.74, 6) is -0.696. The number of ether oxygens (including phenoxy) is 1. The van der Waals surface area contributed by atoms with Crippen molar-refractivity contribution in [3.05, 3.63) is 63.7 Å². The fourth-order valence-corrected chi connectivity index (χ4v) is 3.65. The fraction of sp³-hybridized carbons (Fsp3) is 0.364. The van der Waals surface area contributed by atoms with Crippen LogP contribution in [0.4, 0.5) is 5.69 Å². The Hall–Kier alpha value is -2.62. The maximum absolute atomic E-state index is 12.1. The number of fused-ring (bicyclic) bond motifs is 1. The first-order chi connectivity index (χ1) is 12.4. The molecule has 2 aromatic rings. The van der Waals surface area contributed by atoms with Gasteiger partial charge < -0.3 is 10.1 Å². The predicted molar refractivity (Wildman–Crippen MR) is 102 cm³/mol. The Balaban J connectivity index is 1.52. The number of esters is 1. The summed E-state index contributed by atoms with van der Waals surface area (Å²) < 4.78 is 5.15. The van der Waals surface area contributed by atoms with Crippen LogP contribution >= 0.6 is 0 Å². The summed E-state index contributed by atoms with van der Waals surface area (Å²) in [6.45, 7) is 5.66. The van der Waals surface area contributed by atoms with Crippen LogP contribution in [0.5, 0.6) is 0 Å². The average molecular weight is 351 g/mol. The molecule has 0 fully saturated rings. The van der Waals surface area contributed by atoms with E-state index >= 15 is 0 Å². The van der Waals surface area contributed by atoms with Crippen LogP contribution in [-0.4, -0.2) is 18.5 Å². The summed E-state index contributed by atoms with van der Waals surface area (Å²) in [5.41, 5.74) is 7.60. The molecule has 0 saturated heterocycles. The molecule has 0 aliphatic heterocycles. The monoisotopic (exact) mass is 351 g/mol. The average Bonchev–Trinajstić information content (AvgIpc) is 3.04. The second-order valence-corrected chi connectivity index (χ2v) is 7.12. The van der Waals surface area contributed by atoms with Crippen LogP contribution in [0.1, 0.15) is 39.8 Å². The van der Waals surface area contributed by atoms with Crippen LogP contribution in [-0.2, 0) is 33.6 Å². The van der Waals surface area contributed by atoms with Crippen molar-refractivity contribution >= 4 is 17.6 Å². The van der Waals surface area contributed by atoms with E-state index in [0.29, 0.717) is 0 Å². The first-order valence-corrected chi connectivity index (χ1v) is 9.06. The minimum absolute atomic E-state index is 0.198. The largest absolute Gasteiger partial charge is 0.455 e. The van der Waals surface area contributed by atoms with Gasteiger partial charge in [0.25, 0.3) is 5.91 Å². The van der Waals surface area contributed by atoms with E-state index in [2.05, 4.69) is 17.4 Å². The van der Waals surface area contributed by atoms with Crippen LogP contribution in [0.2, 0.25) is 0 Å². The molecule has 3 rings (SSSR count). The van der Waals surface area contributed by atoms with Gasteiger partial charge in [0, 0.05) is 5.69 Å². The quantitative estimate of drug-likeness (QED) is 0.833. The van der Waals surface area contributed by atoms with Gasteiger partial charge in [-0.3, -0.25) is 9.59 Å². The Morgan fingerprint density at radius 3 is 2.42 bits per heavy atom. The van der Waals surface area contributed by atoms with Crippen LogP contribution in [0.25, 0.3) is 0 Å². The minimum Gasteiger partial charge on any atom is -0.455 e. The molecule has 0 heterocycles. The van der Waals surface area contributed by atoms with E-state index in [9.17, 15) is 9.59 Å². The standard InChI is InChI=1S/C22H25NO3/c1-14-9-15(2)22(16(3)10-14)23-20(24)13-26-21(25)12-17-7-8-18-5-4-6-19(18)11-17/h7-11H,4-6,12-13H2,1-3H3,(H,23,24). The Labute approximate surface area is 154 Å². The summed E-state index contributed by atoms with van der Waals surface area (Å²) in [4.78, 5) is 24.2. The Bertz CT molecular complexity index is 831. The number of nitrogens with one attached hydrogen (secondary N) is 1. The Morgan fingerprint density at radius 1 is 1.00 bits per heavy atom. The third-order valence-corrected chi connectivity index (χ3v) is 4.82. The lowest BCUT2D eigenvalue weighted by atomic mass is 10.0. The van der Waals surface area contributed by atoms with Gasteiger partial charge in [0.2, 0.25) is 0 Å². The van der Waals surface area contributed by atoms with Crippen LogP contribution in [0.3, 0.4) is 0 Å². The summed E-state index contributed by atoms with van der Waals surface area (Å²) in [5, 5.41) is 2.84. The van der Waals surface area contributed by atoms with Gasteiger partial charge in [0.15, 0.2) is 6.61 Å². The molecule has 0 radical (unpaired) electrons.